The number of hydrogen-bond acceptors (Lipinski definition) is 3. The minimum absolute atomic E-state index is 0.151. The van der Waals surface area contributed by atoms with E-state index in [1.54, 1.807) is 0 Å². The van der Waals surface area contributed by atoms with Gasteiger partial charge in [-0.2, -0.15) is 0 Å². The molecule has 0 heterocycles. The Kier molecular flexibility index (Phi) is 7.09. The fourth-order valence-corrected chi connectivity index (χ4v) is 2.27. The number of aliphatic hydroxyl groups excluding tert-OH is 1. The number of nitrogens with zero attached hydrogens (tertiary/aromatic N) is 1. The monoisotopic (exact) mass is 270 g/mol. The van der Waals surface area contributed by atoms with Crippen molar-refractivity contribution in [2.24, 2.45) is 0 Å². The van der Waals surface area contributed by atoms with Gasteiger partial charge in [-0.25, -0.2) is 0 Å². The molecule has 0 aromatic heterocycles. The van der Waals surface area contributed by atoms with Crippen molar-refractivity contribution in [3.05, 3.63) is 28.8 Å². The fraction of sp³-hybridized carbons (Fsp3) is 0.571. The third-order valence-electron chi connectivity index (χ3n) is 2.89. The van der Waals surface area contributed by atoms with Gasteiger partial charge < -0.3 is 15.3 Å². The summed E-state index contributed by atoms with van der Waals surface area (Å²) in [5.74, 6) is 0. The molecule has 0 spiro atoms. The largest absolute Gasteiger partial charge is 0.395 e. The quantitative estimate of drug-likeness (QED) is 0.762. The number of halogens is 1. The first kappa shape index (κ1) is 15.3. The summed E-state index contributed by atoms with van der Waals surface area (Å²) in [6.07, 6.45) is 2.24. The van der Waals surface area contributed by atoms with Gasteiger partial charge in [-0.05, 0) is 31.2 Å². The van der Waals surface area contributed by atoms with E-state index in [9.17, 15) is 0 Å². The average molecular weight is 271 g/mol. The van der Waals surface area contributed by atoms with Crippen LogP contribution in [0.5, 0.6) is 0 Å². The Balaban J connectivity index is 2.83. The Morgan fingerprint density at radius 1 is 1.33 bits per heavy atom. The van der Waals surface area contributed by atoms with Crippen LogP contribution in [0.15, 0.2) is 18.2 Å². The minimum Gasteiger partial charge on any atom is -0.395 e. The smallest absolute Gasteiger partial charge is 0.0642 e. The van der Waals surface area contributed by atoms with Gasteiger partial charge >= 0.3 is 0 Å². The van der Waals surface area contributed by atoms with Crippen LogP contribution in [0.3, 0.4) is 0 Å². The summed E-state index contributed by atoms with van der Waals surface area (Å²) < 4.78 is 0. The van der Waals surface area contributed by atoms with E-state index in [-0.39, 0.29) is 6.61 Å². The summed E-state index contributed by atoms with van der Waals surface area (Å²) in [7, 11) is 1.92. The van der Waals surface area contributed by atoms with Crippen molar-refractivity contribution in [3.63, 3.8) is 0 Å². The molecule has 0 atom stereocenters. The molecule has 0 unspecified atom stereocenters. The van der Waals surface area contributed by atoms with Crippen LogP contribution < -0.4 is 10.2 Å². The number of hydrogen-bond donors (Lipinski definition) is 2. The SMILES string of the molecule is CCCCN(CCO)c1ccc(CNC)cc1Cl. The molecule has 0 fully saturated rings. The van der Waals surface area contributed by atoms with Crippen molar-refractivity contribution in [2.75, 3.05) is 31.6 Å². The van der Waals surface area contributed by atoms with Crippen LogP contribution in [0.2, 0.25) is 5.02 Å². The van der Waals surface area contributed by atoms with Crippen molar-refractivity contribution < 1.29 is 5.11 Å². The zero-order chi connectivity index (χ0) is 13.4. The van der Waals surface area contributed by atoms with Crippen molar-refractivity contribution in [1.29, 1.82) is 0 Å². The maximum atomic E-state index is 9.13. The van der Waals surface area contributed by atoms with Crippen LogP contribution in [0.1, 0.15) is 25.3 Å². The average Bonchev–Trinajstić information content (AvgIpc) is 2.35. The lowest BCUT2D eigenvalue weighted by molar-refractivity contribution is 0.301. The van der Waals surface area contributed by atoms with E-state index >= 15 is 0 Å². The number of rotatable bonds is 8. The molecule has 2 N–H and O–H groups in total. The Labute approximate surface area is 115 Å². The molecule has 0 saturated carbocycles. The maximum absolute atomic E-state index is 9.13. The van der Waals surface area contributed by atoms with Crippen molar-refractivity contribution in [1.82, 2.24) is 5.32 Å². The van der Waals surface area contributed by atoms with Crippen molar-refractivity contribution in [3.8, 4) is 0 Å². The van der Waals surface area contributed by atoms with E-state index in [1.807, 2.05) is 19.2 Å². The Morgan fingerprint density at radius 3 is 2.67 bits per heavy atom. The van der Waals surface area contributed by atoms with Gasteiger partial charge in [0.2, 0.25) is 0 Å². The molecule has 0 aliphatic rings. The third-order valence-corrected chi connectivity index (χ3v) is 3.19. The molecule has 18 heavy (non-hydrogen) atoms. The van der Waals surface area contributed by atoms with Gasteiger partial charge in [0.25, 0.3) is 0 Å². The summed E-state index contributed by atoms with van der Waals surface area (Å²) in [6.45, 7) is 4.69. The first-order valence-corrected chi connectivity index (χ1v) is 6.89. The van der Waals surface area contributed by atoms with Gasteiger partial charge in [0.1, 0.15) is 0 Å². The van der Waals surface area contributed by atoms with E-state index in [4.69, 9.17) is 16.7 Å². The molecule has 102 valence electrons. The molecule has 0 bridgehead atoms. The molecule has 0 aliphatic carbocycles. The van der Waals surface area contributed by atoms with E-state index < -0.39 is 0 Å². The molecule has 0 saturated heterocycles. The summed E-state index contributed by atoms with van der Waals surface area (Å²) in [5, 5.41) is 13.0. The molecule has 3 nitrogen and oxygen atoms in total. The van der Waals surface area contributed by atoms with Gasteiger partial charge in [0.05, 0.1) is 17.3 Å². The molecule has 4 heteroatoms. The van der Waals surface area contributed by atoms with Crippen LogP contribution >= 0.6 is 11.6 Å². The minimum atomic E-state index is 0.151. The zero-order valence-electron chi connectivity index (χ0n) is 11.2. The maximum Gasteiger partial charge on any atom is 0.0642 e. The van der Waals surface area contributed by atoms with Crippen molar-refractivity contribution in [2.45, 2.75) is 26.3 Å². The van der Waals surface area contributed by atoms with E-state index in [0.717, 1.165) is 36.6 Å². The molecule has 0 radical (unpaired) electrons. The van der Waals surface area contributed by atoms with Gasteiger partial charge in [0, 0.05) is 19.6 Å². The lowest BCUT2D eigenvalue weighted by Crippen LogP contribution is -2.28. The number of nitrogens with one attached hydrogen (secondary N) is 1. The molecule has 0 amide bonds. The summed E-state index contributed by atoms with van der Waals surface area (Å²) in [4.78, 5) is 2.15. The van der Waals surface area contributed by atoms with Gasteiger partial charge in [-0.1, -0.05) is 31.0 Å². The van der Waals surface area contributed by atoms with E-state index in [1.165, 1.54) is 5.56 Å². The summed E-state index contributed by atoms with van der Waals surface area (Å²) in [6, 6.07) is 6.11. The molecule has 1 rings (SSSR count). The summed E-state index contributed by atoms with van der Waals surface area (Å²) in [5.41, 5.74) is 2.18. The fourth-order valence-electron chi connectivity index (χ4n) is 1.94. The first-order chi connectivity index (χ1) is 8.72. The molecule has 0 aliphatic heterocycles. The predicted molar refractivity (Wildman–Crippen MR) is 78.4 cm³/mol. The van der Waals surface area contributed by atoms with Crippen molar-refractivity contribution >= 4 is 17.3 Å². The van der Waals surface area contributed by atoms with Gasteiger partial charge in [-0.15, -0.1) is 0 Å². The highest BCUT2D eigenvalue weighted by Gasteiger charge is 2.10. The van der Waals surface area contributed by atoms with Crippen LogP contribution in [0, 0.1) is 0 Å². The number of anilines is 1. The second-order valence-electron chi connectivity index (χ2n) is 4.38. The van der Waals surface area contributed by atoms with Gasteiger partial charge in [0.15, 0.2) is 0 Å². The predicted octanol–water partition coefficient (Wildman–Crippen LogP) is 2.66. The number of unbranched alkanes of at least 4 members (excludes halogenated alkanes) is 1. The highest BCUT2D eigenvalue weighted by molar-refractivity contribution is 6.33. The normalized spacial score (nSPS) is 10.7. The Bertz CT molecular complexity index is 358. The molecule has 1 aromatic rings. The highest BCUT2D eigenvalue weighted by Crippen LogP contribution is 2.27. The van der Waals surface area contributed by atoms with E-state index in [0.29, 0.717) is 6.54 Å². The molecular weight excluding hydrogens is 248 g/mol. The van der Waals surface area contributed by atoms with E-state index in [2.05, 4.69) is 23.2 Å². The highest BCUT2D eigenvalue weighted by atomic mass is 35.5. The lowest BCUT2D eigenvalue weighted by atomic mass is 10.2. The van der Waals surface area contributed by atoms with Crippen LogP contribution in [-0.4, -0.2) is 31.9 Å². The van der Waals surface area contributed by atoms with Crippen LogP contribution in [0.25, 0.3) is 0 Å². The number of aliphatic hydroxyl groups is 1. The van der Waals surface area contributed by atoms with Gasteiger partial charge in [-0.3, -0.25) is 0 Å². The third kappa shape index (κ3) is 4.48. The second-order valence-corrected chi connectivity index (χ2v) is 4.79. The standard InChI is InChI=1S/C14H23ClN2O/c1-3-4-7-17(8-9-18)14-6-5-12(11-16-2)10-13(14)15/h5-6,10,16,18H,3-4,7-9,11H2,1-2H3. The Morgan fingerprint density at radius 2 is 2.11 bits per heavy atom. The number of benzene rings is 1. The Hall–Kier alpha value is -0.770. The van der Waals surface area contributed by atoms with Crippen LogP contribution in [0.4, 0.5) is 5.69 Å². The zero-order valence-corrected chi connectivity index (χ0v) is 12.0. The lowest BCUT2D eigenvalue weighted by Gasteiger charge is -2.25. The molecular formula is C14H23ClN2O. The first-order valence-electron chi connectivity index (χ1n) is 6.51. The summed E-state index contributed by atoms with van der Waals surface area (Å²) >= 11 is 6.32. The van der Waals surface area contributed by atoms with Crippen LogP contribution in [-0.2, 0) is 6.54 Å². The topological polar surface area (TPSA) is 35.5 Å². The second kappa shape index (κ2) is 8.35. The molecule has 1 aromatic carbocycles.